The van der Waals surface area contributed by atoms with Crippen molar-refractivity contribution in [3.63, 3.8) is 0 Å². The fraction of sp³-hybridized carbons (Fsp3) is 0.0667. The lowest BCUT2D eigenvalue weighted by Crippen LogP contribution is -1.80. The quantitative estimate of drug-likeness (QED) is 0.620. The number of fused-ring (bicyclic) bond motifs is 1. The van der Waals surface area contributed by atoms with Crippen LogP contribution in [0, 0.1) is 0 Å². The van der Waals surface area contributed by atoms with Crippen LogP contribution in [-0.2, 0) is 0 Å². The van der Waals surface area contributed by atoms with Crippen molar-refractivity contribution in [2.24, 2.45) is 0 Å². The second kappa shape index (κ2) is 4.14. The summed E-state index contributed by atoms with van der Waals surface area (Å²) in [5, 5.41) is 2.55. The Kier molecular flexibility index (Phi) is 2.68. The first-order valence-electron chi connectivity index (χ1n) is 5.13. The Morgan fingerprint density at radius 3 is 2.47 bits per heavy atom. The van der Waals surface area contributed by atoms with Crippen molar-refractivity contribution >= 4 is 16.3 Å². The molecule has 0 nitrogen and oxygen atoms in total. The van der Waals surface area contributed by atoms with Gasteiger partial charge in [0.2, 0.25) is 0 Å². The molecule has 2 aromatic rings. The van der Waals surface area contributed by atoms with Crippen LogP contribution in [0.25, 0.3) is 16.3 Å². The number of hydrogen-bond donors (Lipinski definition) is 0. The largest absolute Gasteiger partial charge is 0.0985 e. The molecule has 0 aliphatic heterocycles. The molecule has 0 radical (unpaired) electrons. The molecule has 74 valence electrons. The van der Waals surface area contributed by atoms with Gasteiger partial charge in [0.05, 0.1) is 0 Å². The molecule has 0 saturated carbocycles. The summed E-state index contributed by atoms with van der Waals surface area (Å²) in [5.41, 5.74) is 2.41. The second-order valence-corrected chi connectivity index (χ2v) is 3.51. The van der Waals surface area contributed by atoms with Gasteiger partial charge in [-0.15, -0.1) is 0 Å². The monoisotopic (exact) mass is 194 g/mol. The van der Waals surface area contributed by atoms with E-state index in [2.05, 4.69) is 55.1 Å². The van der Waals surface area contributed by atoms with Crippen molar-refractivity contribution in [1.29, 1.82) is 0 Å². The van der Waals surface area contributed by atoms with Gasteiger partial charge in [0.1, 0.15) is 0 Å². The summed E-state index contributed by atoms with van der Waals surface area (Å²) in [5.74, 6) is 0. The van der Waals surface area contributed by atoms with Crippen LogP contribution in [-0.4, -0.2) is 0 Å². The summed E-state index contributed by atoms with van der Waals surface area (Å²) in [4.78, 5) is 0. The third-order valence-electron chi connectivity index (χ3n) is 2.61. The Hall–Kier alpha value is -1.82. The van der Waals surface area contributed by atoms with E-state index in [-0.39, 0.29) is 0 Å². The number of benzene rings is 2. The lowest BCUT2D eigenvalue weighted by molar-refractivity contribution is 1.63. The van der Waals surface area contributed by atoms with Gasteiger partial charge < -0.3 is 0 Å². The lowest BCUT2D eigenvalue weighted by atomic mass is 10.0. The third kappa shape index (κ3) is 1.84. The van der Waals surface area contributed by atoms with Gasteiger partial charge in [-0.3, -0.25) is 0 Å². The van der Waals surface area contributed by atoms with E-state index in [9.17, 15) is 0 Å². The van der Waals surface area contributed by atoms with Crippen LogP contribution in [0.4, 0.5) is 0 Å². The zero-order valence-electron chi connectivity index (χ0n) is 8.90. The summed E-state index contributed by atoms with van der Waals surface area (Å²) in [7, 11) is 0. The minimum atomic E-state index is 1.18. The molecular formula is C15H14. The van der Waals surface area contributed by atoms with Crippen molar-refractivity contribution < 1.29 is 0 Å². The standard InChI is InChI=1S/C15H14/c1-3-12(4-2)15-10-9-13-7-5-6-8-14(13)11-15/h3-11H,1H2,2H3/b12-4+. The summed E-state index contributed by atoms with van der Waals surface area (Å²) < 4.78 is 0. The average molecular weight is 194 g/mol. The van der Waals surface area contributed by atoms with E-state index in [1.165, 1.54) is 21.9 Å². The van der Waals surface area contributed by atoms with Crippen molar-refractivity contribution in [2.75, 3.05) is 0 Å². The molecule has 0 aliphatic carbocycles. The molecule has 0 spiro atoms. The topological polar surface area (TPSA) is 0 Å². The first kappa shape index (κ1) is 9.72. The molecule has 0 aromatic heterocycles. The number of allylic oxidation sites excluding steroid dienone is 3. The molecule has 0 aliphatic rings. The first-order chi connectivity index (χ1) is 7.35. The van der Waals surface area contributed by atoms with Crippen LogP contribution in [0.15, 0.2) is 61.2 Å². The second-order valence-electron chi connectivity index (χ2n) is 3.51. The highest BCUT2D eigenvalue weighted by molar-refractivity contribution is 5.87. The van der Waals surface area contributed by atoms with E-state index >= 15 is 0 Å². The Morgan fingerprint density at radius 1 is 1.07 bits per heavy atom. The van der Waals surface area contributed by atoms with Crippen LogP contribution in [0.5, 0.6) is 0 Å². The van der Waals surface area contributed by atoms with Crippen molar-refractivity contribution in [3.8, 4) is 0 Å². The van der Waals surface area contributed by atoms with Gasteiger partial charge in [0.15, 0.2) is 0 Å². The maximum atomic E-state index is 3.82. The molecule has 0 heterocycles. The van der Waals surface area contributed by atoms with Crippen LogP contribution in [0.1, 0.15) is 12.5 Å². The fourth-order valence-electron chi connectivity index (χ4n) is 1.77. The third-order valence-corrected chi connectivity index (χ3v) is 2.61. The van der Waals surface area contributed by atoms with E-state index in [4.69, 9.17) is 0 Å². The molecule has 0 amide bonds. The molecule has 0 bridgehead atoms. The van der Waals surface area contributed by atoms with Gasteiger partial charge in [-0.25, -0.2) is 0 Å². The van der Waals surface area contributed by atoms with Crippen LogP contribution < -0.4 is 0 Å². The van der Waals surface area contributed by atoms with Gasteiger partial charge >= 0.3 is 0 Å². The van der Waals surface area contributed by atoms with Gasteiger partial charge in [0.25, 0.3) is 0 Å². The summed E-state index contributed by atoms with van der Waals surface area (Å²) in [6, 6.07) is 14.9. The highest BCUT2D eigenvalue weighted by atomic mass is 14.0. The zero-order chi connectivity index (χ0) is 10.7. The van der Waals surface area contributed by atoms with Gasteiger partial charge in [-0.05, 0) is 34.9 Å². The van der Waals surface area contributed by atoms with Crippen molar-refractivity contribution in [1.82, 2.24) is 0 Å². The highest BCUT2D eigenvalue weighted by Crippen LogP contribution is 2.21. The Balaban J connectivity index is 2.61. The molecular weight excluding hydrogens is 180 g/mol. The predicted molar refractivity (Wildman–Crippen MR) is 67.8 cm³/mol. The fourth-order valence-corrected chi connectivity index (χ4v) is 1.77. The Labute approximate surface area is 90.6 Å². The van der Waals surface area contributed by atoms with Gasteiger partial charge in [0, 0.05) is 0 Å². The lowest BCUT2D eigenvalue weighted by Gasteiger charge is -2.03. The molecule has 0 atom stereocenters. The number of rotatable bonds is 2. The van der Waals surface area contributed by atoms with Crippen molar-refractivity contribution in [2.45, 2.75) is 6.92 Å². The molecule has 0 unspecified atom stereocenters. The molecule has 2 aromatic carbocycles. The molecule has 0 heteroatoms. The minimum Gasteiger partial charge on any atom is -0.0985 e. The smallest absolute Gasteiger partial charge is 0.0178 e. The highest BCUT2D eigenvalue weighted by Gasteiger charge is 1.97. The van der Waals surface area contributed by atoms with Crippen LogP contribution in [0.2, 0.25) is 0 Å². The average Bonchev–Trinajstić information content (AvgIpc) is 2.30. The number of hydrogen-bond acceptors (Lipinski definition) is 0. The van der Waals surface area contributed by atoms with E-state index in [0.717, 1.165) is 0 Å². The normalized spacial score (nSPS) is 11.7. The predicted octanol–water partition coefficient (Wildman–Crippen LogP) is 4.43. The Morgan fingerprint density at radius 2 is 1.80 bits per heavy atom. The minimum absolute atomic E-state index is 1.18. The molecule has 0 saturated heterocycles. The van der Waals surface area contributed by atoms with E-state index < -0.39 is 0 Å². The summed E-state index contributed by atoms with van der Waals surface area (Å²) in [6.07, 6.45) is 3.97. The van der Waals surface area contributed by atoms with E-state index in [1.807, 2.05) is 13.0 Å². The molecule has 0 fully saturated rings. The zero-order valence-corrected chi connectivity index (χ0v) is 8.90. The maximum absolute atomic E-state index is 3.82. The van der Waals surface area contributed by atoms with E-state index in [1.54, 1.807) is 0 Å². The Bertz CT molecular complexity index is 518. The van der Waals surface area contributed by atoms with Crippen LogP contribution >= 0.6 is 0 Å². The molecule has 15 heavy (non-hydrogen) atoms. The van der Waals surface area contributed by atoms with Gasteiger partial charge in [-0.1, -0.05) is 55.1 Å². The first-order valence-corrected chi connectivity index (χ1v) is 5.13. The van der Waals surface area contributed by atoms with E-state index in [0.29, 0.717) is 0 Å². The van der Waals surface area contributed by atoms with Crippen molar-refractivity contribution in [3.05, 3.63) is 66.8 Å². The maximum Gasteiger partial charge on any atom is -0.0178 e. The summed E-state index contributed by atoms with van der Waals surface area (Å²) >= 11 is 0. The SMILES string of the molecule is C=C/C(=C\C)c1ccc2ccccc2c1. The molecule has 0 N–H and O–H groups in total. The summed E-state index contributed by atoms with van der Waals surface area (Å²) in [6.45, 7) is 5.85. The van der Waals surface area contributed by atoms with Gasteiger partial charge in [-0.2, -0.15) is 0 Å². The van der Waals surface area contributed by atoms with Crippen LogP contribution in [0.3, 0.4) is 0 Å². The molecule has 2 rings (SSSR count).